The largest absolute Gasteiger partial charge is 0.342 e. The molecule has 2 aromatic heterocycles. The molecule has 5 heterocycles. The number of aromatic nitrogens is 2. The molecule has 1 unspecified atom stereocenters. The Hall–Kier alpha value is -1.66. The van der Waals surface area contributed by atoms with E-state index < -0.39 is 0 Å². The Morgan fingerprint density at radius 2 is 2.18 bits per heavy atom. The first kappa shape index (κ1) is 14.0. The van der Waals surface area contributed by atoms with Crippen molar-refractivity contribution in [1.82, 2.24) is 20.0 Å². The molecule has 3 aliphatic rings. The van der Waals surface area contributed by atoms with Gasteiger partial charge in [0.25, 0.3) is 0 Å². The fourth-order valence-corrected chi connectivity index (χ4v) is 4.22. The van der Waals surface area contributed by atoms with Crippen molar-refractivity contribution in [3.63, 3.8) is 0 Å². The molecule has 5 rings (SSSR count). The van der Waals surface area contributed by atoms with Gasteiger partial charge in [-0.1, -0.05) is 0 Å². The van der Waals surface area contributed by atoms with E-state index in [4.69, 9.17) is 0 Å². The summed E-state index contributed by atoms with van der Waals surface area (Å²) in [6.07, 6.45) is 7.21. The average molecular weight is 316 g/mol. The van der Waals surface area contributed by atoms with E-state index >= 15 is 0 Å². The Kier molecular flexibility index (Phi) is 3.72. The number of nitrogens with zero attached hydrogens (tertiary/aromatic N) is 3. The number of hydrogen-bond acceptors (Lipinski definition) is 4. The number of fused-ring (bicyclic) bond motifs is 4. The van der Waals surface area contributed by atoms with Gasteiger partial charge in [0.1, 0.15) is 0 Å². The van der Waals surface area contributed by atoms with Crippen LogP contribution in [-0.2, 0) is 0 Å². The van der Waals surface area contributed by atoms with Crippen LogP contribution in [0.1, 0.15) is 19.3 Å². The molecule has 0 saturated carbocycles. The van der Waals surface area contributed by atoms with Gasteiger partial charge in [-0.25, -0.2) is 4.79 Å². The summed E-state index contributed by atoms with van der Waals surface area (Å²) in [5.74, 6) is 0.767. The number of amides is 1. The van der Waals surface area contributed by atoms with Gasteiger partial charge in [0.15, 0.2) is 0 Å². The van der Waals surface area contributed by atoms with Gasteiger partial charge in [-0.3, -0.25) is 0 Å². The molecule has 1 amide bonds. The van der Waals surface area contributed by atoms with Crippen molar-refractivity contribution in [2.75, 3.05) is 19.6 Å². The van der Waals surface area contributed by atoms with Gasteiger partial charge >= 0.3 is 6.03 Å². The lowest BCUT2D eigenvalue weighted by Crippen LogP contribution is -2.43. The Morgan fingerprint density at radius 3 is 2.95 bits per heavy atom. The van der Waals surface area contributed by atoms with Gasteiger partial charge in [-0.2, -0.15) is 21.1 Å². The number of rotatable bonds is 2. The first-order valence-electron chi connectivity index (χ1n) is 7.88. The predicted molar refractivity (Wildman–Crippen MR) is 87.0 cm³/mol. The highest BCUT2D eigenvalue weighted by Crippen LogP contribution is 2.27. The Morgan fingerprint density at radius 1 is 1.32 bits per heavy atom. The number of carbonyl (C=O) groups is 1. The lowest BCUT2D eigenvalue weighted by molar-refractivity contribution is 0.216. The maximum atomic E-state index is 12.4. The molecule has 116 valence electrons. The number of carbonyl (C=O) groups excluding carboxylic acids is 1. The Bertz CT molecular complexity index is 629. The molecule has 1 N–H and O–H groups in total. The smallest absolute Gasteiger partial charge is 0.332 e. The standard InChI is InChI=1S/C16H20N4OS/c21-16(18-15-7-12-1-4-19(10-15)5-2-12)20-9-14(8-17-20)13-3-6-22-11-13/h3,6,8-9,11-12,15H,1-2,4-5,7,10H2,(H,18,21). The molecule has 0 aromatic carbocycles. The van der Waals surface area contributed by atoms with Crippen LogP contribution in [0.25, 0.3) is 11.1 Å². The van der Waals surface area contributed by atoms with Gasteiger partial charge < -0.3 is 10.2 Å². The van der Waals surface area contributed by atoms with Crippen LogP contribution in [-0.4, -0.2) is 46.4 Å². The van der Waals surface area contributed by atoms with Crippen LogP contribution in [0, 0.1) is 5.92 Å². The molecular weight excluding hydrogens is 296 g/mol. The quantitative estimate of drug-likeness (QED) is 0.926. The number of piperidine rings is 1. The zero-order chi connectivity index (χ0) is 14.9. The summed E-state index contributed by atoms with van der Waals surface area (Å²) in [7, 11) is 0. The topological polar surface area (TPSA) is 50.2 Å². The summed E-state index contributed by atoms with van der Waals surface area (Å²) in [5.41, 5.74) is 2.10. The van der Waals surface area contributed by atoms with Gasteiger partial charge in [0.2, 0.25) is 0 Å². The number of thiophene rings is 1. The predicted octanol–water partition coefficient (Wildman–Crippen LogP) is 2.65. The molecule has 22 heavy (non-hydrogen) atoms. The van der Waals surface area contributed by atoms with Crippen molar-refractivity contribution in [3.05, 3.63) is 29.2 Å². The Balaban J connectivity index is 1.44. The summed E-state index contributed by atoms with van der Waals surface area (Å²) in [5, 5.41) is 11.5. The van der Waals surface area contributed by atoms with Crippen molar-refractivity contribution in [2.24, 2.45) is 5.92 Å². The molecular formula is C16H20N4OS. The summed E-state index contributed by atoms with van der Waals surface area (Å²) < 4.78 is 1.43. The lowest BCUT2D eigenvalue weighted by atomic mass is 9.94. The SMILES string of the molecule is O=C(NC1CC2CCN(CC2)C1)n1cc(-c2ccsc2)cn1. The summed E-state index contributed by atoms with van der Waals surface area (Å²) in [6, 6.07) is 2.17. The second kappa shape index (κ2) is 5.85. The van der Waals surface area contributed by atoms with Crippen molar-refractivity contribution in [1.29, 1.82) is 0 Å². The third-order valence-electron chi connectivity index (χ3n) is 4.78. The summed E-state index contributed by atoms with van der Waals surface area (Å²) >= 11 is 1.65. The van der Waals surface area contributed by atoms with Crippen molar-refractivity contribution < 1.29 is 4.79 Å². The molecule has 3 aliphatic heterocycles. The number of hydrogen-bond donors (Lipinski definition) is 1. The van der Waals surface area contributed by atoms with E-state index in [1.54, 1.807) is 17.5 Å². The third kappa shape index (κ3) is 2.80. The minimum atomic E-state index is -0.117. The van der Waals surface area contributed by atoms with Crippen LogP contribution >= 0.6 is 11.3 Å². The second-order valence-corrected chi connectivity index (χ2v) is 7.09. The highest BCUT2D eigenvalue weighted by atomic mass is 32.1. The van der Waals surface area contributed by atoms with Crippen molar-refractivity contribution >= 4 is 17.4 Å². The van der Waals surface area contributed by atoms with Gasteiger partial charge in [0.05, 0.1) is 6.20 Å². The van der Waals surface area contributed by atoms with E-state index in [9.17, 15) is 4.79 Å². The molecule has 3 fully saturated rings. The monoisotopic (exact) mass is 316 g/mol. The van der Waals surface area contributed by atoms with Gasteiger partial charge in [-0.05, 0) is 60.7 Å². The molecule has 6 heteroatoms. The lowest BCUT2D eigenvalue weighted by Gasteiger charge is -2.26. The first-order chi connectivity index (χ1) is 10.8. The molecule has 5 nitrogen and oxygen atoms in total. The van der Waals surface area contributed by atoms with E-state index in [1.165, 1.54) is 30.6 Å². The van der Waals surface area contributed by atoms with E-state index in [-0.39, 0.29) is 12.1 Å². The highest BCUT2D eigenvalue weighted by molar-refractivity contribution is 7.08. The molecule has 2 aromatic rings. The van der Waals surface area contributed by atoms with Crippen LogP contribution in [0.3, 0.4) is 0 Å². The number of nitrogens with one attached hydrogen (secondary N) is 1. The maximum Gasteiger partial charge on any atom is 0.342 e. The highest BCUT2D eigenvalue weighted by Gasteiger charge is 2.30. The maximum absolute atomic E-state index is 12.4. The normalized spacial score (nSPS) is 27.5. The van der Waals surface area contributed by atoms with Crippen LogP contribution in [0.4, 0.5) is 4.79 Å². The third-order valence-corrected chi connectivity index (χ3v) is 5.46. The first-order valence-corrected chi connectivity index (χ1v) is 8.82. The van der Waals surface area contributed by atoms with E-state index in [1.807, 2.05) is 17.6 Å². The molecule has 0 radical (unpaired) electrons. The minimum Gasteiger partial charge on any atom is -0.332 e. The molecule has 0 aliphatic carbocycles. The molecule has 1 atom stereocenters. The van der Waals surface area contributed by atoms with E-state index in [0.29, 0.717) is 0 Å². The average Bonchev–Trinajstić information content (AvgIpc) is 3.13. The fraction of sp³-hybridized carbons (Fsp3) is 0.500. The van der Waals surface area contributed by atoms with E-state index in [0.717, 1.165) is 30.0 Å². The molecule has 2 bridgehead atoms. The van der Waals surface area contributed by atoms with Crippen molar-refractivity contribution in [3.8, 4) is 11.1 Å². The zero-order valence-corrected chi connectivity index (χ0v) is 13.3. The Labute approximate surface area is 133 Å². The van der Waals surface area contributed by atoms with E-state index in [2.05, 4.69) is 20.7 Å². The van der Waals surface area contributed by atoms with Gasteiger partial charge in [0, 0.05) is 24.3 Å². The minimum absolute atomic E-state index is 0.117. The summed E-state index contributed by atoms with van der Waals surface area (Å²) in [4.78, 5) is 14.9. The van der Waals surface area contributed by atoms with Crippen LogP contribution in [0.5, 0.6) is 0 Å². The van der Waals surface area contributed by atoms with Crippen molar-refractivity contribution in [2.45, 2.75) is 25.3 Å². The molecule has 3 saturated heterocycles. The fourth-order valence-electron chi connectivity index (χ4n) is 3.55. The molecule has 0 spiro atoms. The zero-order valence-electron chi connectivity index (χ0n) is 12.4. The van der Waals surface area contributed by atoms with Crippen LogP contribution in [0.2, 0.25) is 0 Å². The second-order valence-electron chi connectivity index (χ2n) is 6.31. The van der Waals surface area contributed by atoms with Crippen LogP contribution in [0.15, 0.2) is 29.2 Å². The summed E-state index contributed by atoms with van der Waals surface area (Å²) in [6.45, 7) is 3.34. The van der Waals surface area contributed by atoms with Crippen LogP contribution < -0.4 is 5.32 Å². The van der Waals surface area contributed by atoms with Gasteiger partial charge in [-0.15, -0.1) is 0 Å².